The molecule has 0 unspecified atom stereocenters. The highest BCUT2D eigenvalue weighted by Crippen LogP contribution is 2.29. The second-order valence-corrected chi connectivity index (χ2v) is 7.76. The number of carbonyl (C=O) groups is 1. The Hall–Kier alpha value is -3.06. The number of nitro benzene ring substituents is 1. The molecule has 3 rings (SSSR count). The van der Waals surface area contributed by atoms with Gasteiger partial charge in [-0.05, 0) is 50.2 Å². The number of thioether (sulfide) groups is 1. The van der Waals surface area contributed by atoms with E-state index in [1.54, 1.807) is 29.4 Å². The van der Waals surface area contributed by atoms with Crippen LogP contribution in [0.3, 0.4) is 0 Å². The lowest BCUT2D eigenvalue weighted by Gasteiger charge is -2.25. The molecule has 7 heteroatoms. The molecule has 0 aliphatic carbocycles. The van der Waals surface area contributed by atoms with E-state index in [0.29, 0.717) is 12.3 Å². The Balaban J connectivity index is 1.79. The summed E-state index contributed by atoms with van der Waals surface area (Å²) in [5.74, 6) is 0.630. The smallest absolute Gasteiger partial charge is 0.269 e. The highest BCUT2D eigenvalue weighted by Gasteiger charge is 2.24. The fraction of sp³-hybridized carbons (Fsp3) is 0.190. The Morgan fingerprint density at radius 2 is 1.82 bits per heavy atom. The third kappa shape index (κ3) is 4.80. The highest BCUT2D eigenvalue weighted by atomic mass is 32.2. The molecule has 0 spiro atoms. The van der Waals surface area contributed by atoms with Crippen molar-refractivity contribution in [2.24, 2.45) is 0 Å². The van der Waals surface area contributed by atoms with Gasteiger partial charge in [0.15, 0.2) is 0 Å². The Labute approximate surface area is 167 Å². The van der Waals surface area contributed by atoms with Crippen LogP contribution < -0.4 is 4.90 Å². The van der Waals surface area contributed by atoms with Crippen LogP contribution in [0.2, 0.25) is 0 Å². The normalized spacial score (nSPS) is 11.8. The average Bonchev–Trinajstić information content (AvgIpc) is 3.20. The molecule has 0 fully saturated rings. The molecular weight excluding hydrogens is 376 g/mol. The van der Waals surface area contributed by atoms with E-state index in [1.165, 1.54) is 23.9 Å². The number of nitro groups is 1. The highest BCUT2D eigenvalue weighted by molar-refractivity contribution is 8.00. The maximum Gasteiger partial charge on any atom is 0.269 e. The van der Waals surface area contributed by atoms with Gasteiger partial charge < -0.3 is 9.32 Å². The van der Waals surface area contributed by atoms with Gasteiger partial charge in [0, 0.05) is 22.7 Å². The van der Waals surface area contributed by atoms with E-state index in [2.05, 4.69) is 0 Å². The van der Waals surface area contributed by atoms with E-state index in [4.69, 9.17) is 4.42 Å². The van der Waals surface area contributed by atoms with Gasteiger partial charge in [-0.25, -0.2) is 0 Å². The van der Waals surface area contributed by atoms with Crippen LogP contribution in [0.4, 0.5) is 11.4 Å². The van der Waals surface area contributed by atoms with Crippen LogP contribution in [0.1, 0.15) is 18.2 Å². The van der Waals surface area contributed by atoms with Gasteiger partial charge in [0.2, 0.25) is 5.91 Å². The number of non-ortho nitro benzene ring substituents is 1. The molecular formula is C21H20N2O4S. The molecule has 1 amide bonds. The zero-order valence-corrected chi connectivity index (χ0v) is 16.4. The van der Waals surface area contributed by atoms with Gasteiger partial charge in [-0.1, -0.05) is 17.7 Å². The van der Waals surface area contributed by atoms with Crippen molar-refractivity contribution in [3.05, 3.63) is 88.4 Å². The number of benzene rings is 2. The molecule has 0 saturated carbocycles. The van der Waals surface area contributed by atoms with Crippen LogP contribution in [0, 0.1) is 17.0 Å². The number of anilines is 1. The van der Waals surface area contributed by atoms with E-state index in [9.17, 15) is 14.9 Å². The minimum absolute atomic E-state index is 0.0300. The first-order valence-corrected chi connectivity index (χ1v) is 9.63. The third-order valence-corrected chi connectivity index (χ3v) is 5.31. The van der Waals surface area contributed by atoms with Crippen molar-refractivity contribution in [3.8, 4) is 0 Å². The van der Waals surface area contributed by atoms with Crippen molar-refractivity contribution in [1.82, 2.24) is 0 Å². The molecule has 6 nitrogen and oxygen atoms in total. The Kier molecular flexibility index (Phi) is 6.16. The monoisotopic (exact) mass is 396 g/mol. The summed E-state index contributed by atoms with van der Waals surface area (Å²) in [6.45, 7) is 4.16. The van der Waals surface area contributed by atoms with E-state index in [-0.39, 0.29) is 16.8 Å². The summed E-state index contributed by atoms with van der Waals surface area (Å²) in [5, 5.41) is 10.4. The standard InChI is InChI=1S/C21H20N2O4S/c1-15-5-7-17(8-6-15)22(14-19-4-3-13-27-19)21(24)16(2)28-20-11-9-18(10-12-20)23(25)26/h3-13,16H,14H2,1-2H3/t16-/m1/s1. The molecule has 0 N–H and O–H groups in total. The van der Waals surface area contributed by atoms with Crippen LogP contribution >= 0.6 is 11.8 Å². The number of furan rings is 1. The molecule has 0 aliphatic heterocycles. The van der Waals surface area contributed by atoms with Crippen molar-refractivity contribution in [2.75, 3.05) is 4.90 Å². The van der Waals surface area contributed by atoms with Crippen molar-refractivity contribution in [1.29, 1.82) is 0 Å². The summed E-state index contributed by atoms with van der Waals surface area (Å²) in [6, 6.07) is 17.6. The lowest BCUT2D eigenvalue weighted by Crippen LogP contribution is -2.36. The van der Waals surface area contributed by atoms with Crippen LogP contribution in [0.15, 0.2) is 76.2 Å². The molecule has 2 aromatic carbocycles. The number of rotatable bonds is 7. The quantitative estimate of drug-likeness (QED) is 0.311. The average molecular weight is 396 g/mol. The molecule has 0 radical (unpaired) electrons. The van der Waals surface area contributed by atoms with Crippen molar-refractivity contribution >= 4 is 29.0 Å². The predicted molar refractivity (Wildman–Crippen MR) is 109 cm³/mol. The zero-order valence-electron chi connectivity index (χ0n) is 15.6. The van der Waals surface area contributed by atoms with Crippen molar-refractivity contribution < 1.29 is 14.1 Å². The maximum absolute atomic E-state index is 13.2. The van der Waals surface area contributed by atoms with Gasteiger partial charge in [0.1, 0.15) is 5.76 Å². The molecule has 3 aromatic rings. The summed E-state index contributed by atoms with van der Waals surface area (Å²) in [4.78, 5) is 26.0. The maximum atomic E-state index is 13.2. The first-order valence-electron chi connectivity index (χ1n) is 8.75. The fourth-order valence-corrected chi connectivity index (χ4v) is 3.63. The van der Waals surface area contributed by atoms with E-state index in [1.807, 2.05) is 44.2 Å². The summed E-state index contributed by atoms with van der Waals surface area (Å²) in [5.41, 5.74) is 1.94. The number of hydrogen-bond acceptors (Lipinski definition) is 5. The number of hydrogen-bond donors (Lipinski definition) is 0. The zero-order chi connectivity index (χ0) is 20.1. The summed E-state index contributed by atoms with van der Waals surface area (Å²) < 4.78 is 5.43. The third-order valence-electron chi connectivity index (χ3n) is 4.21. The van der Waals surface area contributed by atoms with E-state index >= 15 is 0 Å². The van der Waals surface area contributed by atoms with Gasteiger partial charge in [-0.3, -0.25) is 14.9 Å². The molecule has 0 saturated heterocycles. The van der Waals surface area contributed by atoms with Crippen LogP contribution in [0.25, 0.3) is 0 Å². The largest absolute Gasteiger partial charge is 0.467 e. The topological polar surface area (TPSA) is 76.6 Å². The van der Waals surface area contributed by atoms with Crippen LogP contribution in [0.5, 0.6) is 0 Å². The molecule has 144 valence electrons. The minimum Gasteiger partial charge on any atom is -0.467 e. The SMILES string of the molecule is Cc1ccc(N(Cc2ccco2)C(=O)[C@@H](C)Sc2ccc([N+](=O)[O-])cc2)cc1. The van der Waals surface area contributed by atoms with Gasteiger partial charge in [0.05, 0.1) is 23.0 Å². The van der Waals surface area contributed by atoms with Gasteiger partial charge in [-0.2, -0.15) is 0 Å². The minimum atomic E-state index is -0.439. The summed E-state index contributed by atoms with van der Waals surface area (Å²) >= 11 is 1.37. The van der Waals surface area contributed by atoms with E-state index < -0.39 is 4.92 Å². The van der Waals surface area contributed by atoms with Crippen LogP contribution in [-0.2, 0) is 11.3 Å². The van der Waals surface area contributed by atoms with E-state index in [0.717, 1.165) is 16.1 Å². The fourth-order valence-electron chi connectivity index (χ4n) is 2.70. The lowest BCUT2D eigenvalue weighted by atomic mass is 10.2. The number of nitrogens with zero attached hydrogens (tertiary/aromatic N) is 2. The van der Waals surface area contributed by atoms with Crippen molar-refractivity contribution in [3.63, 3.8) is 0 Å². The molecule has 0 bridgehead atoms. The molecule has 28 heavy (non-hydrogen) atoms. The lowest BCUT2D eigenvalue weighted by molar-refractivity contribution is -0.384. The Morgan fingerprint density at radius 1 is 1.14 bits per heavy atom. The summed E-state index contributed by atoms with van der Waals surface area (Å²) in [6.07, 6.45) is 1.59. The Bertz CT molecular complexity index is 938. The molecule has 1 heterocycles. The predicted octanol–water partition coefficient (Wildman–Crippen LogP) is 5.21. The van der Waals surface area contributed by atoms with Gasteiger partial charge >= 0.3 is 0 Å². The molecule has 1 atom stereocenters. The molecule has 0 aliphatic rings. The van der Waals surface area contributed by atoms with Crippen LogP contribution in [-0.4, -0.2) is 16.1 Å². The number of carbonyl (C=O) groups excluding carboxylic acids is 1. The Morgan fingerprint density at radius 3 is 2.39 bits per heavy atom. The summed E-state index contributed by atoms with van der Waals surface area (Å²) in [7, 11) is 0. The first kappa shape index (κ1) is 19.7. The second-order valence-electron chi connectivity index (χ2n) is 6.35. The van der Waals surface area contributed by atoms with Gasteiger partial charge in [-0.15, -0.1) is 11.8 Å². The number of amides is 1. The first-order chi connectivity index (χ1) is 13.4. The molecule has 1 aromatic heterocycles. The van der Waals surface area contributed by atoms with Crippen molar-refractivity contribution in [2.45, 2.75) is 30.5 Å². The second kappa shape index (κ2) is 8.75. The number of aryl methyl sites for hydroxylation is 1. The van der Waals surface area contributed by atoms with Gasteiger partial charge in [0.25, 0.3) is 5.69 Å².